The highest BCUT2D eigenvalue weighted by Gasteiger charge is 2.28. The number of rotatable bonds is 4. The third kappa shape index (κ3) is 4.03. The van der Waals surface area contributed by atoms with Crippen molar-refractivity contribution >= 4 is 5.91 Å². The van der Waals surface area contributed by atoms with Gasteiger partial charge in [0.15, 0.2) is 0 Å². The Balaban J connectivity index is 1.33. The van der Waals surface area contributed by atoms with Crippen molar-refractivity contribution in [3.63, 3.8) is 0 Å². The number of nitrogens with one attached hydrogen (secondary N) is 1. The number of nitrogens with zero attached hydrogens (tertiary/aromatic N) is 4. The molecule has 150 valence electrons. The third-order valence-electron chi connectivity index (χ3n) is 5.86. The van der Waals surface area contributed by atoms with E-state index in [1.54, 1.807) is 17.0 Å². The summed E-state index contributed by atoms with van der Waals surface area (Å²) in [5.41, 5.74) is 2.37. The minimum atomic E-state index is -0.0606. The molecule has 1 saturated carbocycles. The summed E-state index contributed by atoms with van der Waals surface area (Å²) in [6.07, 6.45) is 5.77. The molecule has 2 aromatic heterocycles. The topological polar surface area (TPSA) is 83.9 Å². The predicted molar refractivity (Wildman–Crippen MR) is 106 cm³/mol. The van der Waals surface area contributed by atoms with Crippen LogP contribution in [-0.2, 0) is 12.0 Å². The van der Waals surface area contributed by atoms with Gasteiger partial charge in [-0.3, -0.25) is 19.3 Å². The first kappa shape index (κ1) is 18.9. The highest BCUT2D eigenvalue weighted by atomic mass is 16.2. The van der Waals surface area contributed by atoms with E-state index < -0.39 is 0 Å². The SMILES string of the molecule is CC(C)(C)c1cc(C(=O)N2CCC(Cn3cnc(C4CC4)cc3=O)CC2)n[nH]1. The number of H-pyrrole nitrogens is 1. The molecule has 28 heavy (non-hydrogen) atoms. The second-order valence-electron chi connectivity index (χ2n) is 9.23. The van der Waals surface area contributed by atoms with Crippen LogP contribution >= 0.6 is 0 Å². The van der Waals surface area contributed by atoms with Gasteiger partial charge in [0.1, 0.15) is 5.69 Å². The molecule has 3 heterocycles. The highest BCUT2D eigenvalue weighted by molar-refractivity contribution is 5.92. The van der Waals surface area contributed by atoms with Crippen molar-refractivity contribution in [2.75, 3.05) is 13.1 Å². The lowest BCUT2D eigenvalue weighted by Crippen LogP contribution is -2.40. The third-order valence-corrected chi connectivity index (χ3v) is 5.86. The number of aromatic amines is 1. The van der Waals surface area contributed by atoms with E-state index in [4.69, 9.17) is 0 Å². The molecule has 1 N–H and O–H groups in total. The first-order chi connectivity index (χ1) is 13.3. The quantitative estimate of drug-likeness (QED) is 0.880. The van der Waals surface area contributed by atoms with E-state index in [2.05, 4.69) is 36.0 Å². The zero-order valence-electron chi connectivity index (χ0n) is 16.9. The van der Waals surface area contributed by atoms with Crippen molar-refractivity contribution in [3.05, 3.63) is 45.9 Å². The van der Waals surface area contributed by atoms with Crippen molar-refractivity contribution in [1.82, 2.24) is 24.6 Å². The van der Waals surface area contributed by atoms with Crippen molar-refractivity contribution in [2.45, 2.75) is 64.3 Å². The van der Waals surface area contributed by atoms with Crippen molar-refractivity contribution in [2.24, 2.45) is 5.92 Å². The first-order valence-electron chi connectivity index (χ1n) is 10.2. The maximum Gasteiger partial charge on any atom is 0.274 e. The highest BCUT2D eigenvalue weighted by Crippen LogP contribution is 2.38. The summed E-state index contributed by atoms with van der Waals surface area (Å²) in [7, 11) is 0. The Morgan fingerprint density at radius 1 is 1.18 bits per heavy atom. The number of aromatic nitrogens is 4. The lowest BCUT2D eigenvalue weighted by atomic mass is 9.92. The monoisotopic (exact) mass is 383 g/mol. The fraction of sp³-hybridized carbons (Fsp3) is 0.619. The molecule has 0 unspecified atom stereocenters. The van der Waals surface area contributed by atoms with Crippen LogP contribution in [0.3, 0.4) is 0 Å². The Bertz CT molecular complexity index is 911. The Labute approximate surface area is 165 Å². The molecular formula is C21H29N5O2. The molecule has 0 aromatic carbocycles. The number of piperidine rings is 1. The van der Waals surface area contributed by atoms with Crippen molar-refractivity contribution in [3.8, 4) is 0 Å². The van der Waals surface area contributed by atoms with Crippen LogP contribution in [0, 0.1) is 5.92 Å². The van der Waals surface area contributed by atoms with Crippen molar-refractivity contribution < 1.29 is 4.79 Å². The van der Waals surface area contributed by atoms with E-state index in [0.29, 0.717) is 37.2 Å². The Morgan fingerprint density at radius 3 is 2.46 bits per heavy atom. The van der Waals surface area contributed by atoms with Crippen LogP contribution in [-0.4, -0.2) is 43.6 Å². The van der Waals surface area contributed by atoms with Crippen LogP contribution in [0.5, 0.6) is 0 Å². The standard InChI is InChI=1S/C21H29N5O2/c1-21(2,3)18-10-17(23-24-18)20(28)25-8-6-14(7-9-25)12-26-13-22-16(11-19(26)27)15-4-5-15/h10-11,13-15H,4-9,12H2,1-3H3,(H,23,24). The summed E-state index contributed by atoms with van der Waals surface area (Å²) >= 11 is 0. The normalized spacial score (nSPS) is 18.5. The lowest BCUT2D eigenvalue weighted by Gasteiger charge is -2.31. The molecule has 1 amide bonds. The van der Waals surface area contributed by atoms with Crippen LogP contribution in [0.15, 0.2) is 23.3 Å². The van der Waals surface area contributed by atoms with Gasteiger partial charge < -0.3 is 4.90 Å². The Kier molecular flexibility index (Phi) is 4.85. The molecular weight excluding hydrogens is 354 g/mol. The first-order valence-corrected chi connectivity index (χ1v) is 10.2. The molecule has 0 bridgehead atoms. The molecule has 4 rings (SSSR count). The predicted octanol–water partition coefficient (Wildman–Crippen LogP) is 2.69. The van der Waals surface area contributed by atoms with Crippen LogP contribution in [0.1, 0.15) is 74.2 Å². The minimum absolute atomic E-state index is 0.0159. The zero-order valence-corrected chi connectivity index (χ0v) is 16.9. The van der Waals surface area contributed by atoms with Gasteiger partial charge in [-0.15, -0.1) is 0 Å². The molecule has 7 heteroatoms. The van der Waals surface area contributed by atoms with Crippen LogP contribution in [0.2, 0.25) is 0 Å². The average molecular weight is 383 g/mol. The van der Waals surface area contributed by atoms with Crippen molar-refractivity contribution in [1.29, 1.82) is 0 Å². The Morgan fingerprint density at radius 2 is 1.89 bits per heavy atom. The van der Waals surface area contributed by atoms with E-state index in [9.17, 15) is 9.59 Å². The summed E-state index contributed by atoms with van der Waals surface area (Å²) in [4.78, 5) is 31.4. The van der Waals surface area contributed by atoms with Gasteiger partial charge in [-0.1, -0.05) is 20.8 Å². The van der Waals surface area contributed by atoms with E-state index in [1.807, 2.05) is 11.0 Å². The second kappa shape index (κ2) is 7.18. The molecule has 2 fully saturated rings. The van der Waals surface area contributed by atoms with Crippen LogP contribution in [0.25, 0.3) is 0 Å². The van der Waals surface area contributed by atoms with Gasteiger partial charge in [-0.25, -0.2) is 4.98 Å². The van der Waals surface area contributed by atoms with E-state index in [1.165, 1.54) is 0 Å². The molecule has 0 radical (unpaired) electrons. The van der Waals surface area contributed by atoms with E-state index in [0.717, 1.165) is 37.1 Å². The van der Waals surface area contributed by atoms with E-state index in [-0.39, 0.29) is 16.9 Å². The molecule has 7 nitrogen and oxygen atoms in total. The summed E-state index contributed by atoms with van der Waals surface area (Å²) in [6.45, 7) is 8.35. The lowest BCUT2D eigenvalue weighted by molar-refractivity contribution is 0.0676. The summed E-state index contributed by atoms with van der Waals surface area (Å²) in [5, 5.41) is 7.20. The molecule has 0 spiro atoms. The molecule has 1 aliphatic carbocycles. The number of carbonyl (C=O) groups is 1. The molecule has 1 saturated heterocycles. The van der Waals surface area contributed by atoms with Gasteiger partial charge in [-0.2, -0.15) is 5.10 Å². The van der Waals surface area contributed by atoms with Gasteiger partial charge in [-0.05, 0) is 37.7 Å². The van der Waals surface area contributed by atoms with Crippen LogP contribution in [0.4, 0.5) is 0 Å². The van der Waals surface area contributed by atoms with Gasteiger partial charge in [0.25, 0.3) is 11.5 Å². The maximum absolute atomic E-state index is 12.7. The molecule has 0 atom stereocenters. The molecule has 1 aliphatic heterocycles. The van der Waals surface area contributed by atoms with Gasteiger partial charge >= 0.3 is 0 Å². The number of hydrogen-bond donors (Lipinski definition) is 1. The number of hydrogen-bond acceptors (Lipinski definition) is 4. The summed E-state index contributed by atoms with van der Waals surface area (Å²) in [6, 6.07) is 3.56. The number of carbonyl (C=O) groups excluding carboxylic acids is 1. The van der Waals surface area contributed by atoms with Gasteiger partial charge in [0, 0.05) is 42.7 Å². The smallest absolute Gasteiger partial charge is 0.274 e. The Hall–Kier alpha value is -2.44. The number of amides is 1. The molecule has 2 aliphatic rings. The maximum atomic E-state index is 12.7. The largest absolute Gasteiger partial charge is 0.337 e. The fourth-order valence-corrected chi connectivity index (χ4v) is 3.75. The zero-order chi connectivity index (χ0) is 19.9. The second-order valence-corrected chi connectivity index (χ2v) is 9.23. The average Bonchev–Trinajstić information content (AvgIpc) is 3.38. The fourth-order valence-electron chi connectivity index (χ4n) is 3.75. The van der Waals surface area contributed by atoms with Gasteiger partial charge in [0.05, 0.1) is 12.0 Å². The molecule has 2 aromatic rings. The summed E-state index contributed by atoms with van der Waals surface area (Å²) in [5.74, 6) is 0.870. The van der Waals surface area contributed by atoms with Crippen LogP contribution < -0.4 is 5.56 Å². The van der Waals surface area contributed by atoms with Gasteiger partial charge in [0.2, 0.25) is 0 Å². The number of likely N-dealkylation sites (tertiary alicyclic amines) is 1. The summed E-state index contributed by atoms with van der Waals surface area (Å²) < 4.78 is 1.72. The van der Waals surface area contributed by atoms with E-state index >= 15 is 0 Å². The minimum Gasteiger partial charge on any atom is -0.337 e.